The molecule has 0 aliphatic carbocycles. The standard InChI is InChI=1S/C13H16N4O2/c1-7-5-9(18-3)6-10(19-4)11(7)12-13(14)15-8(2)16-17-12/h5-6H,1-4H3,(H2,14,15,16). The third-order valence-electron chi connectivity index (χ3n) is 2.78. The highest BCUT2D eigenvalue weighted by Crippen LogP contribution is 2.37. The molecule has 19 heavy (non-hydrogen) atoms. The number of aryl methyl sites for hydroxylation is 2. The normalized spacial score (nSPS) is 10.3. The molecule has 0 bridgehead atoms. The lowest BCUT2D eigenvalue weighted by molar-refractivity contribution is 0.394. The summed E-state index contributed by atoms with van der Waals surface area (Å²) in [7, 11) is 3.19. The van der Waals surface area contributed by atoms with Crippen LogP contribution in [0, 0.1) is 13.8 Å². The van der Waals surface area contributed by atoms with Gasteiger partial charge in [0.1, 0.15) is 23.0 Å². The maximum Gasteiger partial charge on any atom is 0.154 e. The summed E-state index contributed by atoms with van der Waals surface area (Å²) in [6.45, 7) is 3.67. The van der Waals surface area contributed by atoms with Crippen LogP contribution < -0.4 is 15.2 Å². The molecule has 0 aliphatic heterocycles. The van der Waals surface area contributed by atoms with E-state index >= 15 is 0 Å². The van der Waals surface area contributed by atoms with Gasteiger partial charge in [0.25, 0.3) is 0 Å². The molecule has 1 aromatic carbocycles. The van der Waals surface area contributed by atoms with E-state index in [-0.39, 0.29) is 0 Å². The number of aromatic nitrogens is 3. The lowest BCUT2D eigenvalue weighted by Crippen LogP contribution is -2.04. The van der Waals surface area contributed by atoms with Gasteiger partial charge in [-0.25, -0.2) is 4.98 Å². The predicted molar refractivity (Wildman–Crippen MR) is 72.3 cm³/mol. The van der Waals surface area contributed by atoms with Crippen molar-refractivity contribution in [2.75, 3.05) is 20.0 Å². The van der Waals surface area contributed by atoms with Gasteiger partial charge in [-0.3, -0.25) is 0 Å². The molecule has 2 rings (SSSR count). The highest BCUT2D eigenvalue weighted by atomic mass is 16.5. The molecular formula is C13H16N4O2. The minimum absolute atomic E-state index is 0.332. The molecule has 0 atom stereocenters. The number of methoxy groups -OCH3 is 2. The number of ether oxygens (including phenoxy) is 2. The smallest absolute Gasteiger partial charge is 0.154 e. The number of anilines is 1. The van der Waals surface area contributed by atoms with E-state index in [1.165, 1.54) is 0 Å². The van der Waals surface area contributed by atoms with Gasteiger partial charge in [-0.2, -0.15) is 0 Å². The Hall–Kier alpha value is -2.37. The van der Waals surface area contributed by atoms with Gasteiger partial charge < -0.3 is 15.2 Å². The van der Waals surface area contributed by atoms with Crippen molar-refractivity contribution in [1.29, 1.82) is 0 Å². The van der Waals surface area contributed by atoms with Gasteiger partial charge in [0.05, 0.1) is 19.8 Å². The predicted octanol–water partition coefficient (Wildman–Crippen LogP) is 1.75. The number of nitrogen functional groups attached to an aromatic ring is 1. The Morgan fingerprint density at radius 2 is 1.79 bits per heavy atom. The topological polar surface area (TPSA) is 83.2 Å². The molecule has 0 amide bonds. The Balaban J connectivity index is 2.67. The van der Waals surface area contributed by atoms with E-state index in [9.17, 15) is 0 Å². The minimum Gasteiger partial charge on any atom is -0.497 e. The van der Waals surface area contributed by atoms with Crippen molar-refractivity contribution in [3.63, 3.8) is 0 Å². The molecule has 0 saturated carbocycles. The van der Waals surface area contributed by atoms with Crippen LogP contribution >= 0.6 is 0 Å². The zero-order chi connectivity index (χ0) is 14.0. The van der Waals surface area contributed by atoms with Gasteiger partial charge in [-0.15, -0.1) is 10.2 Å². The highest BCUT2D eigenvalue weighted by Gasteiger charge is 2.17. The van der Waals surface area contributed by atoms with Crippen molar-refractivity contribution < 1.29 is 9.47 Å². The van der Waals surface area contributed by atoms with Gasteiger partial charge in [-0.05, 0) is 25.5 Å². The van der Waals surface area contributed by atoms with Crippen LogP contribution in [-0.2, 0) is 0 Å². The molecule has 1 heterocycles. The van der Waals surface area contributed by atoms with Gasteiger partial charge >= 0.3 is 0 Å². The van der Waals surface area contributed by atoms with Crippen LogP contribution in [0.4, 0.5) is 5.82 Å². The van der Waals surface area contributed by atoms with Crippen molar-refractivity contribution in [1.82, 2.24) is 15.2 Å². The van der Waals surface area contributed by atoms with Gasteiger partial charge in [0, 0.05) is 6.07 Å². The quantitative estimate of drug-likeness (QED) is 0.905. The molecule has 6 nitrogen and oxygen atoms in total. The lowest BCUT2D eigenvalue weighted by Gasteiger charge is -2.13. The van der Waals surface area contributed by atoms with Crippen LogP contribution in [0.2, 0.25) is 0 Å². The summed E-state index contributed by atoms with van der Waals surface area (Å²) in [5, 5.41) is 8.06. The fraction of sp³-hybridized carbons (Fsp3) is 0.308. The molecule has 0 fully saturated rings. The van der Waals surface area contributed by atoms with Crippen molar-refractivity contribution in [3.8, 4) is 22.8 Å². The summed E-state index contributed by atoms with van der Waals surface area (Å²) >= 11 is 0. The third-order valence-corrected chi connectivity index (χ3v) is 2.78. The second-order valence-corrected chi connectivity index (χ2v) is 4.11. The van der Waals surface area contributed by atoms with E-state index in [4.69, 9.17) is 15.2 Å². The molecule has 2 aromatic rings. The Morgan fingerprint density at radius 1 is 1.05 bits per heavy atom. The molecule has 0 unspecified atom stereocenters. The number of rotatable bonds is 3. The zero-order valence-electron chi connectivity index (χ0n) is 11.4. The molecule has 100 valence electrons. The van der Waals surface area contributed by atoms with Crippen LogP contribution in [0.25, 0.3) is 11.3 Å². The second kappa shape index (κ2) is 5.09. The van der Waals surface area contributed by atoms with Gasteiger partial charge in [0.2, 0.25) is 0 Å². The Labute approximate surface area is 111 Å². The Morgan fingerprint density at radius 3 is 2.37 bits per heavy atom. The molecule has 0 saturated heterocycles. The summed E-state index contributed by atoms with van der Waals surface area (Å²) < 4.78 is 10.6. The summed E-state index contributed by atoms with van der Waals surface area (Å²) in [6.07, 6.45) is 0. The van der Waals surface area contributed by atoms with Crippen molar-refractivity contribution in [3.05, 3.63) is 23.5 Å². The largest absolute Gasteiger partial charge is 0.497 e. The number of nitrogens with zero attached hydrogens (tertiary/aromatic N) is 3. The number of nitrogens with two attached hydrogens (primary N) is 1. The molecule has 0 radical (unpaired) electrons. The Kier molecular flexibility index (Phi) is 3.50. The number of benzene rings is 1. The first-order valence-electron chi connectivity index (χ1n) is 5.76. The van der Waals surface area contributed by atoms with Crippen LogP contribution in [0.1, 0.15) is 11.4 Å². The first-order chi connectivity index (χ1) is 9.06. The first-order valence-corrected chi connectivity index (χ1v) is 5.76. The second-order valence-electron chi connectivity index (χ2n) is 4.11. The molecule has 6 heteroatoms. The molecule has 0 spiro atoms. The number of hydrogen-bond acceptors (Lipinski definition) is 6. The summed E-state index contributed by atoms with van der Waals surface area (Å²) in [5.74, 6) is 2.21. The fourth-order valence-corrected chi connectivity index (χ4v) is 1.91. The SMILES string of the molecule is COc1cc(C)c(-c2nnc(C)nc2N)c(OC)c1. The van der Waals surface area contributed by atoms with E-state index in [1.54, 1.807) is 27.2 Å². The van der Waals surface area contributed by atoms with Crippen LogP contribution in [0.15, 0.2) is 12.1 Å². The minimum atomic E-state index is 0.332. The average Bonchev–Trinajstić information content (AvgIpc) is 2.39. The summed E-state index contributed by atoms with van der Waals surface area (Å²) in [4.78, 5) is 4.13. The van der Waals surface area contributed by atoms with Crippen molar-refractivity contribution >= 4 is 5.82 Å². The molecule has 0 aliphatic rings. The van der Waals surface area contributed by atoms with E-state index in [0.717, 1.165) is 11.1 Å². The fourth-order valence-electron chi connectivity index (χ4n) is 1.91. The van der Waals surface area contributed by atoms with Crippen LogP contribution in [0.5, 0.6) is 11.5 Å². The molecule has 1 aromatic heterocycles. The van der Waals surface area contributed by atoms with E-state index < -0.39 is 0 Å². The van der Waals surface area contributed by atoms with E-state index in [0.29, 0.717) is 28.8 Å². The van der Waals surface area contributed by atoms with Gasteiger partial charge in [-0.1, -0.05) is 0 Å². The molecular weight excluding hydrogens is 244 g/mol. The average molecular weight is 260 g/mol. The van der Waals surface area contributed by atoms with E-state index in [1.807, 2.05) is 13.0 Å². The van der Waals surface area contributed by atoms with Crippen LogP contribution in [-0.4, -0.2) is 29.4 Å². The maximum atomic E-state index is 5.92. The Bertz CT molecular complexity index is 614. The highest BCUT2D eigenvalue weighted by molar-refractivity contribution is 5.78. The van der Waals surface area contributed by atoms with Gasteiger partial charge in [0.15, 0.2) is 5.82 Å². The maximum absolute atomic E-state index is 5.92. The summed E-state index contributed by atoms with van der Waals surface area (Å²) in [6, 6.07) is 3.67. The van der Waals surface area contributed by atoms with Crippen LogP contribution in [0.3, 0.4) is 0 Å². The monoisotopic (exact) mass is 260 g/mol. The van der Waals surface area contributed by atoms with Crippen molar-refractivity contribution in [2.24, 2.45) is 0 Å². The molecule has 2 N–H and O–H groups in total. The first kappa shape index (κ1) is 13.1. The third kappa shape index (κ3) is 2.42. The van der Waals surface area contributed by atoms with E-state index in [2.05, 4.69) is 15.2 Å². The summed E-state index contributed by atoms with van der Waals surface area (Å²) in [5.41, 5.74) is 8.14. The number of hydrogen-bond donors (Lipinski definition) is 1. The lowest BCUT2D eigenvalue weighted by atomic mass is 10.0. The zero-order valence-corrected chi connectivity index (χ0v) is 11.4. The van der Waals surface area contributed by atoms with Crippen molar-refractivity contribution in [2.45, 2.75) is 13.8 Å².